The largest absolute Gasteiger partial charge is 0.503 e. The van der Waals surface area contributed by atoms with Crippen molar-refractivity contribution >= 4 is 23.0 Å². The maximum Gasteiger partial charge on any atom is 0.290 e. The minimum Gasteiger partial charge on any atom is -0.503 e. The number of hydrogen-bond donors (Lipinski definition) is 1. The highest BCUT2D eigenvalue weighted by Gasteiger charge is 2.45. The van der Waals surface area contributed by atoms with Crippen molar-refractivity contribution in [2.24, 2.45) is 0 Å². The van der Waals surface area contributed by atoms with Crippen molar-refractivity contribution < 1.29 is 24.2 Å². The van der Waals surface area contributed by atoms with Crippen LogP contribution in [0.1, 0.15) is 64.6 Å². The van der Waals surface area contributed by atoms with Gasteiger partial charge in [0.05, 0.1) is 39.9 Å². The zero-order chi connectivity index (χ0) is 23.5. The molecule has 2 aliphatic rings. The normalized spacial score (nSPS) is 20.7. The zero-order valence-electron chi connectivity index (χ0n) is 19.3. The number of carbonyl (C=O) groups excluding carboxylic acids is 2. The van der Waals surface area contributed by atoms with Crippen molar-refractivity contribution in [2.75, 3.05) is 19.8 Å². The highest BCUT2D eigenvalue weighted by Crippen LogP contribution is 2.41. The molecule has 0 radical (unpaired) electrons. The van der Waals surface area contributed by atoms with Crippen LogP contribution in [0.4, 0.5) is 0 Å². The highest BCUT2D eigenvalue weighted by molar-refractivity contribution is 7.14. The molecule has 4 rings (SSSR count). The van der Waals surface area contributed by atoms with Crippen LogP contribution in [0.5, 0.6) is 5.75 Å². The number of ether oxygens (including phenoxy) is 2. The topological polar surface area (TPSA) is 89.0 Å². The van der Waals surface area contributed by atoms with E-state index in [1.54, 1.807) is 11.8 Å². The third kappa shape index (κ3) is 4.82. The fraction of sp³-hybridized carbons (Fsp3) is 0.480. The van der Waals surface area contributed by atoms with Gasteiger partial charge in [-0.15, -0.1) is 11.3 Å². The second-order valence-corrected chi connectivity index (χ2v) is 9.71. The van der Waals surface area contributed by atoms with Gasteiger partial charge in [0, 0.05) is 13.2 Å². The van der Waals surface area contributed by atoms with E-state index < -0.39 is 17.7 Å². The molecule has 1 aromatic carbocycles. The predicted molar refractivity (Wildman–Crippen MR) is 126 cm³/mol. The minimum atomic E-state index is -0.717. The standard InChI is InChI=1S/C25H30N2O5S/c1-4-5-11-31-18-9-6-8-17(13-18)21-20(22(28)24-15(2)26-16(3)33-24)23(29)25(30)27(21)14-19-10-7-12-32-19/h6,8-9,13,19,21,29H,4-5,7,10-12,14H2,1-3H3. The van der Waals surface area contributed by atoms with E-state index in [0.717, 1.165) is 36.3 Å². The van der Waals surface area contributed by atoms with Crippen molar-refractivity contribution in [1.82, 2.24) is 9.88 Å². The molecule has 3 heterocycles. The Morgan fingerprint density at radius 2 is 2.18 bits per heavy atom. The van der Waals surface area contributed by atoms with Gasteiger partial charge in [0.2, 0.25) is 5.78 Å². The first kappa shape index (κ1) is 23.4. The van der Waals surface area contributed by atoms with E-state index in [-0.39, 0.29) is 17.5 Å². The summed E-state index contributed by atoms with van der Waals surface area (Å²) in [5, 5.41) is 11.6. The first-order chi connectivity index (χ1) is 15.9. The van der Waals surface area contributed by atoms with Crippen molar-refractivity contribution in [1.29, 1.82) is 0 Å². The summed E-state index contributed by atoms with van der Waals surface area (Å²) < 4.78 is 11.6. The Kier molecular flexibility index (Phi) is 7.14. The Morgan fingerprint density at radius 3 is 2.85 bits per heavy atom. The smallest absolute Gasteiger partial charge is 0.290 e. The number of benzene rings is 1. The summed E-state index contributed by atoms with van der Waals surface area (Å²) in [5.74, 6) is -0.727. The van der Waals surface area contributed by atoms with E-state index in [4.69, 9.17) is 9.47 Å². The molecule has 0 spiro atoms. The summed E-state index contributed by atoms with van der Waals surface area (Å²) in [5.41, 5.74) is 1.42. The van der Waals surface area contributed by atoms with Gasteiger partial charge in [-0.05, 0) is 50.8 Å². The van der Waals surface area contributed by atoms with Crippen LogP contribution in [-0.2, 0) is 9.53 Å². The molecule has 176 valence electrons. The number of amides is 1. The maximum absolute atomic E-state index is 13.6. The van der Waals surface area contributed by atoms with E-state index in [9.17, 15) is 14.7 Å². The van der Waals surface area contributed by atoms with E-state index in [1.165, 1.54) is 11.3 Å². The van der Waals surface area contributed by atoms with Gasteiger partial charge < -0.3 is 19.5 Å². The van der Waals surface area contributed by atoms with Crippen molar-refractivity contribution in [3.05, 3.63) is 56.7 Å². The Balaban J connectivity index is 1.73. The average molecular weight is 471 g/mol. The van der Waals surface area contributed by atoms with Gasteiger partial charge in [-0.1, -0.05) is 25.5 Å². The quantitative estimate of drug-likeness (QED) is 0.422. The summed E-state index contributed by atoms with van der Waals surface area (Å²) in [6, 6.07) is 6.72. The van der Waals surface area contributed by atoms with Crippen LogP contribution < -0.4 is 4.74 Å². The SMILES string of the molecule is CCCCOc1cccc(C2C(C(=O)c3sc(C)nc3C)=C(O)C(=O)N2CC2CCCO2)c1. The first-order valence-corrected chi connectivity index (χ1v) is 12.3. The second kappa shape index (κ2) is 10.1. The van der Waals surface area contributed by atoms with Crippen LogP contribution in [0.15, 0.2) is 35.6 Å². The van der Waals surface area contributed by atoms with Crippen LogP contribution in [0.25, 0.3) is 0 Å². The van der Waals surface area contributed by atoms with Gasteiger partial charge in [-0.2, -0.15) is 0 Å². The number of Topliss-reactive ketones (excluding diaryl/α,β-unsaturated/α-hetero) is 1. The third-order valence-corrected chi connectivity index (χ3v) is 7.09. The van der Waals surface area contributed by atoms with Crippen LogP contribution in [0.3, 0.4) is 0 Å². The van der Waals surface area contributed by atoms with Gasteiger partial charge in [-0.3, -0.25) is 9.59 Å². The molecule has 2 atom stereocenters. The number of unbranched alkanes of at least 4 members (excludes halogenated alkanes) is 1. The molecule has 2 unspecified atom stereocenters. The van der Waals surface area contributed by atoms with Crippen molar-refractivity contribution in [3.63, 3.8) is 0 Å². The number of ketones is 1. The van der Waals surface area contributed by atoms with Crippen LogP contribution >= 0.6 is 11.3 Å². The molecule has 1 N–H and O–H groups in total. The van der Waals surface area contributed by atoms with Gasteiger partial charge >= 0.3 is 0 Å². The number of aliphatic hydroxyl groups excluding tert-OH is 1. The monoisotopic (exact) mass is 470 g/mol. The molecule has 8 heteroatoms. The van der Waals surface area contributed by atoms with E-state index in [2.05, 4.69) is 11.9 Å². The molecule has 33 heavy (non-hydrogen) atoms. The number of aromatic nitrogens is 1. The van der Waals surface area contributed by atoms with Crippen LogP contribution in [0.2, 0.25) is 0 Å². The lowest BCUT2D eigenvalue weighted by atomic mass is 9.94. The number of aliphatic hydroxyl groups is 1. The lowest BCUT2D eigenvalue weighted by molar-refractivity contribution is -0.131. The molecule has 0 saturated carbocycles. The van der Waals surface area contributed by atoms with Gasteiger partial charge in [0.15, 0.2) is 5.76 Å². The Morgan fingerprint density at radius 1 is 1.36 bits per heavy atom. The van der Waals surface area contributed by atoms with Crippen molar-refractivity contribution in [2.45, 2.75) is 58.6 Å². The van der Waals surface area contributed by atoms with Crippen LogP contribution in [-0.4, -0.2) is 52.5 Å². The molecule has 1 aromatic heterocycles. The van der Waals surface area contributed by atoms with Gasteiger partial charge in [0.1, 0.15) is 5.75 Å². The molecule has 1 fully saturated rings. The van der Waals surface area contributed by atoms with E-state index in [1.807, 2.05) is 31.2 Å². The Bertz CT molecular complexity index is 1070. The van der Waals surface area contributed by atoms with Gasteiger partial charge in [0.25, 0.3) is 5.91 Å². The molecule has 1 amide bonds. The second-order valence-electron chi connectivity index (χ2n) is 8.51. The average Bonchev–Trinajstić information content (AvgIpc) is 3.49. The summed E-state index contributed by atoms with van der Waals surface area (Å²) >= 11 is 1.28. The van der Waals surface area contributed by atoms with E-state index in [0.29, 0.717) is 36.1 Å². The number of carbonyl (C=O) groups is 2. The molecule has 7 nitrogen and oxygen atoms in total. The number of rotatable bonds is 9. The Labute approximate surface area is 198 Å². The molecule has 0 bridgehead atoms. The van der Waals surface area contributed by atoms with Crippen molar-refractivity contribution in [3.8, 4) is 5.75 Å². The maximum atomic E-state index is 13.6. The zero-order valence-corrected chi connectivity index (χ0v) is 20.1. The van der Waals surface area contributed by atoms with Gasteiger partial charge in [-0.25, -0.2) is 4.98 Å². The summed E-state index contributed by atoms with van der Waals surface area (Å²) in [7, 11) is 0. The molecule has 2 aliphatic heterocycles. The third-order valence-electron chi connectivity index (χ3n) is 6.02. The molecular weight excluding hydrogens is 440 g/mol. The molecule has 2 aromatic rings. The number of nitrogens with zero attached hydrogens (tertiary/aromatic N) is 2. The number of thiazole rings is 1. The number of hydrogen-bond acceptors (Lipinski definition) is 7. The predicted octanol–water partition coefficient (Wildman–Crippen LogP) is 4.70. The lowest BCUT2D eigenvalue weighted by Gasteiger charge is -2.29. The minimum absolute atomic E-state index is 0.0930. The fourth-order valence-corrected chi connectivity index (χ4v) is 5.28. The molecular formula is C25H30N2O5S. The molecule has 1 saturated heterocycles. The van der Waals surface area contributed by atoms with Crippen LogP contribution in [0, 0.1) is 13.8 Å². The summed E-state index contributed by atoms with van der Waals surface area (Å²) in [6.07, 6.45) is 3.62. The Hall–Kier alpha value is -2.71. The fourth-order valence-electron chi connectivity index (χ4n) is 4.40. The summed E-state index contributed by atoms with van der Waals surface area (Å²) in [4.78, 5) is 33.2. The summed E-state index contributed by atoms with van der Waals surface area (Å²) in [6.45, 7) is 7.26. The highest BCUT2D eigenvalue weighted by atomic mass is 32.1. The number of aryl methyl sites for hydroxylation is 2. The lowest BCUT2D eigenvalue weighted by Crippen LogP contribution is -2.37. The van der Waals surface area contributed by atoms with E-state index >= 15 is 0 Å². The molecule has 0 aliphatic carbocycles. The first-order valence-electron chi connectivity index (χ1n) is 11.5.